The Bertz CT molecular complexity index is 368. The van der Waals surface area contributed by atoms with Gasteiger partial charge >= 0.3 is 11.9 Å². The van der Waals surface area contributed by atoms with Crippen molar-refractivity contribution >= 4 is 11.9 Å². The predicted molar refractivity (Wildman–Crippen MR) is 71.4 cm³/mol. The number of aliphatic hydroxyl groups is 1. The molecular weight excluding hydrogens is 248 g/mol. The maximum Gasteiger partial charge on any atom is 0.333 e. The molecule has 0 aromatic rings. The lowest BCUT2D eigenvalue weighted by Crippen LogP contribution is -2.32. The highest BCUT2D eigenvalue weighted by Gasteiger charge is 2.22. The molecule has 1 atom stereocenters. The minimum Gasteiger partial charge on any atom is -0.462 e. The molecular formula is C14H22O5. The number of hydrogen-bond donors (Lipinski definition) is 1. The Hall–Kier alpha value is -1.62. The highest BCUT2D eigenvalue weighted by atomic mass is 16.5. The molecule has 0 saturated heterocycles. The van der Waals surface area contributed by atoms with Crippen molar-refractivity contribution in [3.63, 3.8) is 0 Å². The normalized spacial score (nSPS) is 13.3. The average molecular weight is 270 g/mol. The zero-order chi connectivity index (χ0) is 15.1. The van der Waals surface area contributed by atoms with Gasteiger partial charge in [-0.05, 0) is 33.6 Å². The summed E-state index contributed by atoms with van der Waals surface area (Å²) in [6, 6.07) is 0. The van der Waals surface area contributed by atoms with Gasteiger partial charge in [0.25, 0.3) is 0 Å². The molecule has 0 spiro atoms. The summed E-state index contributed by atoms with van der Waals surface area (Å²) in [5.41, 5.74) is -0.533. The summed E-state index contributed by atoms with van der Waals surface area (Å²) in [6.45, 7) is 11.6. The number of carbonyl (C=O) groups excluding carboxylic acids is 2. The van der Waals surface area contributed by atoms with Crippen molar-refractivity contribution in [1.82, 2.24) is 0 Å². The first kappa shape index (κ1) is 17.4. The maximum absolute atomic E-state index is 11.2. The Morgan fingerprint density at radius 2 is 1.58 bits per heavy atom. The summed E-state index contributed by atoms with van der Waals surface area (Å²) >= 11 is 0. The van der Waals surface area contributed by atoms with E-state index in [1.165, 1.54) is 6.92 Å². The van der Waals surface area contributed by atoms with Crippen molar-refractivity contribution in [2.45, 2.75) is 39.2 Å². The predicted octanol–water partition coefficient (Wildman–Crippen LogP) is 1.76. The lowest BCUT2D eigenvalue weighted by atomic mass is 10.0. The quantitative estimate of drug-likeness (QED) is 0.413. The van der Waals surface area contributed by atoms with Crippen LogP contribution in [0.4, 0.5) is 0 Å². The van der Waals surface area contributed by atoms with Crippen molar-refractivity contribution in [3.05, 3.63) is 24.3 Å². The van der Waals surface area contributed by atoms with Crippen LogP contribution in [0, 0.1) is 0 Å². The van der Waals surface area contributed by atoms with Gasteiger partial charge in [0.05, 0.1) is 12.2 Å². The van der Waals surface area contributed by atoms with Gasteiger partial charge in [0.15, 0.2) is 0 Å². The van der Waals surface area contributed by atoms with Gasteiger partial charge in [0.1, 0.15) is 6.61 Å². The largest absolute Gasteiger partial charge is 0.462 e. The third kappa shape index (κ3) is 8.15. The molecule has 0 aliphatic carbocycles. The fourth-order valence-electron chi connectivity index (χ4n) is 1.16. The summed E-state index contributed by atoms with van der Waals surface area (Å²) < 4.78 is 9.77. The van der Waals surface area contributed by atoms with E-state index < -0.39 is 17.5 Å². The minimum atomic E-state index is -1.15. The molecule has 0 aliphatic heterocycles. The Balaban J connectivity index is 3.91. The topological polar surface area (TPSA) is 72.8 Å². The molecule has 0 saturated carbocycles. The molecule has 0 fully saturated rings. The summed E-state index contributed by atoms with van der Waals surface area (Å²) in [6.07, 6.45) is 0.816. The Morgan fingerprint density at radius 1 is 1.11 bits per heavy atom. The smallest absolute Gasteiger partial charge is 0.333 e. The number of ether oxygens (including phenoxy) is 2. The lowest BCUT2D eigenvalue weighted by Gasteiger charge is -2.22. The fourth-order valence-corrected chi connectivity index (χ4v) is 1.16. The molecule has 108 valence electrons. The highest BCUT2D eigenvalue weighted by Crippen LogP contribution is 2.13. The molecule has 19 heavy (non-hydrogen) atoms. The number of hydrogen-bond acceptors (Lipinski definition) is 5. The van der Waals surface area contributed by atoms with E-state index in [9.17, 15) is 14.7 Å². The molecule has 5 heteroatoms. The van der Waals surface area contributed by atoms with Crippen molar-refractivity contribution in [1.29, 1.82) is 0 Å². The molecule has 0 aliphatic rings. The lowest BCUT2D eigenvalue weighted by molar-refractivity contribution is -0.146. The van der Waals surface area contributed by atoms with Gasteiger partial charge in [-0.3, -0.25) is 0 Å². The first-order valence-electron chi connectivity index (χ1n) is 6.03. The summed E-state index contributed by atoms with van der Waals surface area (Å²) in [5, 5.41) is 9.95. The first-order chi connectivity index (χ1) is 8.65. The first-order valence-corrected chi connectivity index (χ1v) is 6.03. The van der Waals surface area contributed by atoms with Crippen LogP contribution in [0.3, 0.4) is 0 Å². The summed E-state index contributed by atoms with van der Waals surface area (Å²) in [5.74, 6) is -0.984. The second-order valence-electron chi connectivity index (χ2n) is 4.87. The highest BCUT2D eigenvalue weighted by molar-refractivity contribution is 5.87. The van der Waals surface area contributed by atoms with Crippen LogP contribution >= 0.6 is 0 Å². The Kier molecular flexibility index (Phi) is 7.08. The van der Waals surface area contributed by atoms with Gasteiger partial charge in [-0.15, -0.1) is 0 Å². The zero-order valence-electron chi connectivity index (χ0n) is 11.8. The average Bonchev–Trinajstić information content (AvgIpc) is 2.31. The van der Waals surface area contributed by atoms with Crippen molar-refractivity contribution < 1.29 is 24.2 Å². The third-order valence-electron chi connectivity index (χ3n) is 2.30. The summed E-state index contributed by atoms with van der Waals surface area (Å²) in [4.78, 5) is 22.3. The molecule has 0 aromatic carbocycles. The number of esters is 2. The van der Waals surface area contributed by atoms with Crippen molar-refractivity contribution in [3.8, 4) is 0 Å². The second kappa shape index (κ2) is 7.74. The Morgan fingerprint density at radius 3 is 2.05 bits per heavy atom. The third-order valence-corrected chi connectivity index (χ3v) is 2.30. The van der Waals surface area contributed by atoms with Crippen molar-refractivity contribution in [2.24, 2.45) is 0 Å². The second-order valence-corrected chi connectivity index (χ2v) is 4.87. The van der Waals surface area contributed by atoms with Gasteiger partial charge < -0.3 is 14.6 Å². The molecule has 1 unspecified atom stereocenters. The van der Waals surface area contributed by atoms with Crippen LogP contribution in [-0.4, -0.2) is 35.9 Å². The van der Waals surface area contributed by atoms with E-state index in [1.807, 2.05) is 0 Å². The van der Waals surface area contributed by atoms with E-state index in [0.717, 1.165) is 0 Å². The van der Waals surface area contributed by atoms with E-state index >= 15 is 0 Å². The van der Waals surface area contributed by atoms with Crippen molar-refractivity contribution in [2.75, 3.05) is 13.2 Å². The van der Waals surface area contributed by atoms with E-state index in [2.05, 4.69) is 13.2 Å². The van der Waals surface area contributed by atoms with Crippen LogP contribution in [0.5, 0.6) is 0 Å². The molecule has 0 radical (unpaired) electrons. The molecule has 0 bridgehead atoms. The maximum atomic E-state index is 11.2. The molecule has 5 nitrogen and oxygen atoms in total. The van der Waals surface area contributed by atoms with Crippen LogP contribution in [0.15, 0.2) is 24.3 Å². The van der Waals surface area contributed by atoms with E-state index in [1.54, 1.807) is 13.8 Å². The van der Waals surface area contributed by atoms with Crippen LogP contribution in [0.1, 0.15) is 33.6 Å². The molecule has 0 rings (SSSR count). The molecule has 1 N–H and O–H groups in total. The van der Waals surface area contributed by atoms with Gasteiger partial charge in [-0.2, -0.15) is 0 Å². The fraction of sp³-hybridized carbons (Fsp3) is 0.571. The van der Waals surface area contributed by atoms with Crippen LogP contribution in [-0.2, 0) is 19.1 Å². The monoisotopic (exact) mass is 270 g/mol. The van der Waals surface area contributed by atoms with Gasteiger partial charge in [-0.25, -0.2) is 9.59 Å². The van der Waals surface area contributed by atoms with Crippen LogP contribution in [0.25, 0.3) is 0 Å². The standard InChI is InChI=1S/C14H22O5/c1-10(2)12(15)18-8-6-7-14(5,17)9-19-13(16)11(3)4/h17H,1,3,6-9H2,2,4-5H3. The van der Waals surface area contributed by atoms with Gasteiger partial charge in [-0.1, -0.05) is 13.2 Å². The van der Waals surface area contributed by atoms with Crippen LogP contribution < -0.4 is 0 Å². The van der Waals surface area contributed by atoms with E-state index in [-0.39, 0.29) is 18.8 Å². The van der Waals surface area contributed by atoms with Crippen LogP contribution in [0.2, 0.25) is 0 Å². The Labute approximate surface area is 113 Å². The molecule has 0 amide bonds. The minimum absolute atomic E-state index is 0.118. The van der Waals surface area contributed by atoms with E-state index in [4.69, 9.17) is 9.47 Å². The van der Waals surface area contributed by atoms with Gasteiger partial charge in [0, 0.05) is 11.1 Å². The number of carbonyl (C=O) groups is 2. The molecule has 0 heterocycles. The van der Waals surface area contributed by atoms with E-state index in [0.29, 0.717) is 18.4 Å². The zero-order valence-corrected chi connectivity index (χ0v) is 11.8. The number of rotatable bonds is 8. The summed E-state index contributed by atoms with van der Waals surface area (Å²) in [7, 11) is 0. The van der Waals surface area contributed by atoms with Gasteiger partial charge in [0.2, 0.25) is 0 Å². The molecule has 0 aromatic heterocycles. The SMILES string of the molecule is C=C(C)C(=O)OCCCC(C)(O)COC(=O)C(=C)C.